The first-order valence-corrected chi connectivity index (χ1v) is 7.33. The van der Waals surface area contributed by atoms with E-state index in [1.54, 1.807) is 0 Å². The van der Waals surface area contributed by atoms with Crippen LogP contribution in [-0.4, -0.2) is 59.4 Å². The van der Waals surface area contributed by atoms with Crippen LogP contribution < -0.4 is 0 Å². The average molecular weight is 308 g/mol. The van der Waals surface area contributed by atoms with Gasteiger partial charge in [0.15, 0.2) is 0 Å². The molecule has 0 saturated heterocycles. The molecule has 0 radical (unpaired) electrons. The fraction of sp³-hybridized carbons (Fsp3) is 0.800. The second kappa shape index (κ2) is 24.1. The topological polar surface area (TPSA) is 107 Å². The lowest BCUT2D eigenvalue weighted by molar-refractivity contribution is -0.139. The van der Waals surface area contributed by atoms with Crippen molar-refractivity contribution >= 4 is 5.97 Å². The average Bonchev–Trinajstić information content (AvgIpc) is 2.54. The van der Waals surface area contributed by atoms with E-state index in [1.807, 2.05) is 6.92 Å². The summed E-state index contributed by atoms with van der Waals surface area (Å²) >= 11 is 0. The van der Waals surface area contributed by atoms with Gasteiger partial charge >= 0.3 is 5.97 Å². The van der Waals surface area contributed by atoms with Crippen molar-refractivity contribution in [3.63, 3.8) is 0 Å². The van der Waals surface area contributed by atoms with Crippen molar-refractivity contribution in [2.24, 2.45) is 0 Å². The third-order valence-electron chi connectivity index (χ3n) is 2.15. The van der Waals surface area contributed by atoms with Crippen LogP contribution in [0.2, 0.25) is 0 Å². The second-order valence-electron chi connectivity index (χ2n) is 4.05. The Balaban J connectivity index is -0.000000334. The van der Waals surface area contributed by atoms with E-state index in [2.05, 4.69) is 13.5 Å². The number of rotatable bonds is 9. The second-order valence-corrected chi connectivity index (χ2v) is 4.05. The molecule has 0 aliphatic carbocycles. The third-order valence-corrected chi connectivity index (χ3v) is 2.15. The van der Waals surface area contributed by atoms with Crippen molar-refractivity contribution in [3.8, 4) is 0 Å². The molecule has 0 aliphatic rings. The summed E-state index contributed by atoms with van der Waals surface area (Å²) < 4.78 is 5.00. The molecule has 6 heteroatoms. The number of unbranched alkanes of at least 4 members (excludes halogenated alkanes) is 3. The van der Waals surface area contributed by atoms with Gasteiger partial charge in [-0.25, -0.2) is 4.79 Å². The van der Waals surface area contributed by atoms with Crippen LogP contribution in [-0.2, 0) is 9.53 Å². The molecule has 0 rings (SSSR count). The third kappa shape index (κ3) is 28.1. The van der Waals surface area contributed by atoms with E-state index in [4.69, 9.17) is 25.2 Å². The van der Waals surface area contributed by atoms with Gasteiger partial charge in [0.2, 0.25) is 0 Å². The molecule has 0 bridgehead atoms. The van der Waals surface area contributed by atoms with Gasteiger partial charge in [-0.1, -0.05) is 39.7 Å². The number of aliphatic hydroxyl groups is 4. The summed E-state index contributed by atoms with van der Waals surface area (Å²) in [5.74, 6) is -0.237. The van der Waals surface area contributed by atoms with Gasteiger partial charge in [0, 0.05) is 5.57 Å². The summed E-state index contributed by atoms with van der Waals surface area (Å²) in [5.41, 5.74) is 0.565. The highest BCUT2D eigenvalue weighted by atomic mass is 16.5. The van der Waals surface area contributed by atoms with Crippen LogP contribution in [0.1, 0.15) is 46.0 Å². The van der Waals surface area contributed by atoms with Gasteiger partial charge in [-0.3, -0.25) is 0 Å². The number of hydrogen-bond donors (Lipinski definition) is 4. The van der Waals surface area contributed by atoms with Gasteiger partial charge in [-0.15, -0.1) is 0 Å². The standard InChI is InChI=1S/C11H20O2.2C2H6O2/c1-4-6-7-8-9-13-11(12)10(3)5-2;2*3-1-2-4/h3-9H2,1-2H3;2*3-4H,1-2H2. The molecule has 0 unspecified atom stereocenters. The van der Waals surface area contributed by atoms with E-state index in [0.29, 0.717) is 18.6 Å². The Bertz CT molecular complexity index is 210. The maximum atomic E-state index is 11.1. The van der Waals surface area contributed by atoms with Crippen molar-refractivity contribution < 1.29 is 30.0 Å². The molecule has 0 aromatic rings. The summed E-state index contributed by atoms with van der Waals surface area (Å²) in [6, 6.07) is 0. The summed E-state index contributed by atoms with van der Waals surface area (Å²) in [4.78, 5) is 11.1. The van der Waals surface area contributed by atoms with Gasteiger partial charge in [-0.05, 0) is 12.8 Å². The maximum absolute atomic E-state index is 11.1. The van der Waals surface area contributed by atoms with Gasteiger partial charge in [0.25, 0.3) is 0 Å². The zero-order valence-electron chi connectivity index (χ0n) is 13.4. The Labute approximate surface area is 128 Å². The molecule has 0 heterocycles. The van der Waals surface area contributed by atoms with E-state index in [1.165, 1.54) is 12.8 Å². The molecule has 6 nitrogen and oxygen atoms in total. The Kier molecular flexibility index (Phi) is 28.7. The quantitative estimate of drug-likeness (QED) is 0.288. The fourth-order valence-electron chi connectivity index (χ4n) is 0.940. The summed E-state index contributed by atoms with van der Waals surface area (Å²) in [6.07, 6.45) is 5.20. The van der Waals surface area contributed by atoms with Crippen LogP contribution >= 0.6 is 0 Å². The van der Waals surface area contributed by atoms with Gasteiger partial charge < -0.3 is 25.2 Å². The smallest absolute Gasteiger partial charge is 0.333 e. The van der Waals surface area contributed by atoms with E-state index in [9.17, 15) is 4.79 Å². The molecule has 0 amide bonds. The molecule has 0 aliphatic heterocycles. The Morgan fingerprint density at radius 3 is 1.71 bits per heavy atom. The molecule has 0 aromatic heterocycles. The van der Waals surface area contributed by atoms with Crippen LogP contribution in [0.25, 0.3) is 0 Å². The van der Waals surface area contributed by atoms with E-state index >= 15 is 0 Å². The first-order valence-electron chi connectivity index (χ1n) is 7.33. The minimum Gasteiger partial charge on any atom is -0.462 e. The van der Waals surface area contributed by atoms with E-state index < -0.39 is 0 Å². The normalized spacial score (nSPS) is 8.86. The summed E-state index contributed by atoms with van der Waals surface area (Å²) in [6.45, 7) is 7.71. The predicted octanol–water partition coefficient (Wildman–Crippen LogP) is 1.02. The highest BCUT2D eigenvalue weighted by Gasteiger charge is 2.04. The maximum Gasteiger partial charge on any atom is 0.333 e. The van der Waals surface area contributed by atoms with E-state index in [0.717, 1.165) is 12.8 Å². The molecule has 0 fully saturated rings. The van der Waals surface area contributed by atoms with Crippen LogP contribution in [0.4, 0.5) is 0 Å². The minimum atomic E-state index is -0.237. The summed E-state index contributed by atoms with van der Waals surface area (Å²) in [7, 11) is 0. The lowest BCUT2D eigenvalue weighted by atomic mass is 10.2. The predicted molar refractivity (Wildman–Crippen MR) is 82.9 cm³/mol. The molecule has 21 heavy (non-hydrogen) atoms. The van der Waals surface area contributed by atoms with Gasteiger partial charge in [0.05, 0.1) is 33.0 Å². The van der Waals surface area contributed by atoms with Crippen molar-refractivity contribution in [2.75, 3.05) is 33.0 Å². The lowest BCUT2D eigenvalue weighted by Gasteiger charge is -2.04. The van der Waals surface area contributed by atoms with Crippen LogP contribution in [0, 0.1) is 0 Å². The molecule has 0 aromatic carbocycles. The number of ether oxygens (including phenoxy) is 1. The number of carbonyl (C=O) groups is 1. The molecule has 128 valence electrons. The van der Waals surface area contributed by atoms with Crippen molar-refractivity contribution in [2.45, 2.75) is 46.0 Å². The molecule has 4 N–H and O–H groups in total. The largest absolute Gasteiger partial charge is 0.462 e. The Morgan fingerprint density at radius 1 is 0.905 bits per heavy atom. The van der Waals surface area contributed by atoms with Gasteiger partial charge in [-0.2, -0.15) is 0 Å². The SMILES string of the molecule is C=C(CC)C(=O)OCCCCCC.OCCO.OCCO. The number of aliphatic hydroxyl groups excluding tert-OH is 4. The van der Waals surface area contributed by atoms with Crippen molar-refractivity contribution in [3.05, 3.63) is 12.2 Å². The monoisotopic (exact) mass is 308 g/mol. The van der Waals surface area contributed by atoms with Crippen LogP contribution in [0.3, 0.4) is 0 Å². The van der Waals surface area contributed by atoms with E-state index in [-0.39, 0.29) is 32.4 Å². The fourth-order valence-corrected chi connectivity index (χ4v) is 0.940. The van der Waals surface area contributed by atoms with Crippen molar-refractivity contribution in [1.82, 2.24) is 0 Å². The lowest BCUT2D eigenvalue weighted by Crippen LogP contribution is -2.07. The molecule has 0 spiro atoms. The first kappa shape index (κ1) is 25.0. The summed E-state index contributed by atoms with van der Waals surface area (Å²) in [5, 5.41) is 30.5. The zero-order valence-corrected chi connectivity index (χ0v) is 13.4. The highest BCUT2D eigenvalue weighted by molar-refractivity contribution is 5.87. The van der Waals surface area contributed by atoms with Crippen LogP contribution in [0.5, 0.6) is 0 Å². The van der Waals surface area contributed by atoms with Crippen LogP contribution in [0.15, 0.2) is 12.2 Å². The Morgan fingerprint density at radius 2 is 1.38 bits per heavy atom. The molecular formula is C15H32O6. The molecule has 0 atom stereocenters. The van der Waals surface area contributed by atoms with Crippen molar-refractivity contribution in [1.29, 1.82) is 0 Å². The molecular weight excluding hydrogens is 276 g/mol. The number of hydrogen-bond acceptors (Lipinski definition) is 6. The highest BCUT2D eigenvalue weighted by Crippen LogP contribution is 2.03. The number of esters is 1. The van der Waals surface area contributed by atoms with Gasteiger partial charge in [0.1, 0.15) is 0 Å². The number of carbonyl (C=O) groups excluding carboxylic acids is 1. The Hall–Kier alpha value is -0.950. The minimum absolute atomic E-state index is 0.125. The first-order chi connectivity index (χ1) is 10.0. The zero-order chi connectivity index (χ0) is 16.9. The molecule has 0 saturated carbocycles.